The second-order valence-electron chi connectivity index (χ2n) is 8.28. The molecule has 0 spiro atoms. The Bertz CT molecular complexity index is 690. The summed E-state index contributed by atoms with van der Waals surface area (Å²) in [5.41, 5.74) is 1.45. The molecule has 0 saturated heterocycles. The molecular formula is C23H33NO4. The SMILES string of the molecule is C=CC[C@@H]1CCc2cc(OCCCCCNC(=O)OC(C)(C)C)ccc2C1=O. The van der Waals surface area contributed by atoms with Gasteiger partial charge in [-0.05, 0) is 83.1 Å². The number of carbonyl (C=O) groups is 2. The van der Waals surface area contributed by atoms with Gasteiger partial charge in [0.2, 0.25) is 0 Å². The lowest BCUT2D eigenvalue weighted by molar-refractivity contribution is 0.0526. The fourth-order valence-corrected chi connectivity index (χ4v) is 3.31. The normalized spacial score (nSPS) is 16.2. The molecule has 0 unspecified atom stereocenters. The molecule has 1 atom stereocenters. The Hall–Kier alpha value is -2.30. The highest BCUT2D eigenvalue weighted by atomic mass is 16.6. The summed E-state index contributed by atoms with van der Waals surface area (Å²) in [6, 6.07) is 5.78. The minimum Gasteiger partial charge on any atom is -0.494 e. The average molecular weight is 388 g/mol. The summed E-state index contributed by atoms with van der Waals surface area (Å²) in [5.74, 6) is 1.12. The van der Waals surface area contributed by atoms with E-state index in [1.807, 2.05) is 45.0 Å². The Morgan fingerprint density at radius 3 is 2.79 bits per heavy atom. The van der Waals surface area contributed by atoms with Crippen molar-refractivity contribution in [3.8, 4) is 5.75 Å². The topological polar surface area (TPSA) is 64.6 Å². The third-order valence-electron chi connectivity index (χ3n) is 4.68. The van der Waals surface area contributed by atoms with E-state index in [9.17, 15) is 9.59 Å². The number of Topliss-reactive ketones (excluding diaryl/α,β-unsaturated/α-hetero) is 1. The number of aryl methyl sites for hydroxylation is 1. The molecule has 0 radical (unpaired) electrons. The molecule has 1 aliphatic carbocycles. The van der Waals surface area contributed by atoms with Crippen molar-refractivity contribution in [1.29, 1.82) is 0 Å². The van der Waals surface area contributed by atoms with E-state index in [4.69, 9.17) is 9.47 Å². The number of nitrogens with one attached hydrogen (secondary N) is 1. The van der Waals surface area contributed by atoms with E-state index in [-0.39, 0.29) is 17.8 Å². The number of ether oxygens (including phenoxy) is 2. The first kappa shape index (κ1) is 22.0. The second kappa shape index (κ2) is 10.3. The van der Waals surface area contributed by atoms with Gasteiger partial charge in [-0.3, -0.25) is 4.79 Å². The van der Waals surface area contributed by atoms with Crippen molar-refractivity contribution >= 4 is 11.9 Å². The number of fused-ring (bicyclic) bond motifs is 1. The summed E-state index contributed by atoms with van der Waals surface area (Å²) in [7, 11) is 0. The fourth-order valence-electron chi connectivity index (χ4n) is 3.31. The molecule has 28 heavy (non-hydrogen) atoms. The summed E-state index contributed by atoms with van der Waals surface area (Å²) in [4.78, 5) is 24.0. The molecule has 1 N–H and O–H groups in total. The lowest BCUT2D eigenvalue weighted by Crippen LogP contribution is -2.33. The van der Waals surface area contributed by atoms with Gasteiger partial charge in [0.1, 0.15) is 11.4 Å². The highest BCUT2D eigenvalue weighted by Gasteiger charge is 2.26. The first-order chi connectivity index (χ1) is 13.3. The maximum Gasteiger partial charge on any atom is 0.407 e. The van der Waals surface area contributed by atoms with Crippen LogP contribution in [0.1, 0.15) is 68.8 Å². The van der Waals surface area contributed by atoms with Gasteiger partial charge in [0.15, 0.2) is 5.78 Å². The minimum atomic E-state index is -0.468. The number of hydrogen-bond acceptors (Lipinski definition) is 4. The Labute approximate surface area is 168 Å². The van der Waals surface area contributed by atoms with E-state index in [1.54, 1.807) is 0 Å². The molecule has 154 valence electrons. The number of alkyl carbamates (subject to hydrolysis) is 1. The molecule has 0 aliphatic heterocycles. The van der Waals surface area contributed by atoms with Crippen LogP contribution in [-0.2, 0) is 11.2 Å². The molecule has 1 aromatic rings. The third-order valence-corrected chi connectivity index (χ3v) is 4.68. The number of rotatable bonds is 9. The van der Waals surface area contributed by atoms with E-state index >= 15 is 0 Å². The van der Waals surface area contributed by atoms with Crippen molar-refractivity contribution in [2.75, 3.05) is 13.2 Å². The quantitative estimate of drug-likeness (QED) is 0.474. The lowest BCUT2D eigenvalue weighted by atomic mass is 9.81. The summed E-state index contributed by atoms with van der Waals surface area (Å²) >= 11 is 0. The number of amides is 1. The summed E-state index contributed by atoms with van der Waals surface area (Å²) < 4.78 is 11.0. The molecule has 0 fully saturated rings. The zero-order valence-electron chi connectivity index (χ0n) is 17.4. The van der Waals surface area contributed by atoms with Crippen LogP contribution in [0.4, 0.5) is 4.79 Å². The number of unbranched alkanes of at least 4 members (excludes halogenated alkanes) is 2. The van der Waals surface area contributed by atoms with Gasteiger partial charge in [-0.25, -0.2) is 4.79 Å². The second-order valence-corrected chi connectivity index (χ2v) is 8.28. The summed E-state index contributed by atoms with van der Waals surface area (Å²) in [5, 5.41) is 2.76. The fraction of sp³-hybridized carbons (Fsp3) is 0.565. The molecular weight excluding hydrogens is 354 g/mol. The minimum absolute atomic E-state index is 0.0751. The number of benzene rings is 1. The number of carbonyl (C=O) groups excluding carboxylic acids is 2. The van der Waals surface area contributed by atoms with Crippen LogP contribution in [0.25, 0.3) is 0 Å². The largest absolute Gasteiger partial charge is 0.494 e. The number of ketones is 1. The molecule has 0 heterocycles. The van der Waals surface area contributed by atoms with E-state index in [2.05, 4.69) is 11.9 Å². The van der Waals surface area contributed by atoms with Gasteiger partial charge in [0.05, 0.1) is 6.61 Å². The molecule has 0 bridgehead atoms. The van der Waals surface area contributed by atoms with Crippen molar-refractivity contribution in [2.45, 2.75) is 64.9 Å². The summed E-state index contributed by atoms with van der Waals surface area (Å²) in [6.45, 7) is 10.5. The van der Waals surface area contributed by atoms with Gasteiger partial charge in [0.25, 0.3) is 0 Å². The van der Waals surface area contributed by atoms with Crippen LogP contribution in [0.15, 0.2) is 30.9 Å². The van der Waals surface area contributed by atoms with Crippen LogP contribution in [0.2, 0.25) is 0 Å². The Kier molecular flexibility index (Phi) is 8.09. The smallest absolute Gasteiger partial charge is 0.407 e. The Balaban J connectivity index is 1.66. The van der Waals surface area contributed by atoms with Crippen molar-refractivity contribution in [1.82, 2.24) is 5.32 Å². The van der Waals surface area contributed by atoms with Crippen LogP contribution < -0.4 is 10.1 Å². The molecule has 0 saturated carbocycles. The standard InChI is InChI=1S/C23H33NO4/c1-5-9-17-10-11-18-16-19(12-13-20(18)21(17)25)27-15-8-6-7-14-24-22(26)28-23(2,3)4/h5,12-13,16-17H,1,6-11,14-15H2,2-4H3,(H,24,26)/t17-/m1/s1. The maximum atomic E-state index is 12.5. The van der Waals surface area contributed by atoms with Crippen molar-refractivity contribution in [3.05, 3.63) is 42.0 Å². The van der Waals surface area contributed by atoms with Crippen LogP contribution in [0.5, 0.6) is 5.75 Å². The first-order valence-corrected chi connectivity index (χ1v) is 10.2. The van der Waals surface area contributed by atoms with Gasteiger partial charge in [-0.2, -0.15) is 0 Å². The Morgan fingerprint density at radius 2 is 2.07 bits per heavy atom. The van der Waals surface area contributed by atoms with E-state index < -0.39 is 5.60 Å². The molecule has 0 aromatic heterocycles. The predicted molar refractivity (Wildman–Crippen MR) is 111 cm³/mol. The molecule has 5 heteroatoms. The van der Waals surface area contributed by atoms with Gasteiger partial charge >= 0.3 is 6.09 Å². The van der Waals surface area contributed by atoms with Crippen molar-refractivity contribution in [3.63, 3.8) is 0 Å². The third kappa shape index (κ3) is 7.02. The number of hydrogen-bond donors (Lipinski definition) is 1. The van der Waals surface area contributed by atoms with Crippen molar-refractivity contribution in [2.24, 2.45) is 5.92 Å². The van der Waals surface area contributed by atoms with Crippen molar-refractivity contribution < 1.29 is 19.1 Å². The van der Waals surface area contributed by atoms with E-state index in [0.717, 1.165) is 55.4 Å². The molecule has 2 rings (SSSR count). The van der Waals surface area contributed by atoms with Crippen LogP contribution in [0, 0.1) is 5.92 Å². The first-order valence-electron chi connectivity index (χ1n) is 10.2. The van der Waals surface area contributed by atoms with Gasteiger partial charge in [-0.15, -0.1) is 6.58 Å². The van der Waals surface area contributed by atoms with Gasteiger partial charge in [0, 0.05) is 18.0 Å². The van der Waals surface area contributed by atoms with Gasteiger partial charge < -0.3 is 14.8 Å². The van der Waals surface area contributed by atoms with Crippen LogP contribution >= 0.6 is 0 Å². The average Bonchev–Trinajstić information content (AvgIpc) is 2.62. The van der Waals surface area contributed by atoms with Gasteiger partial charge in [-0.1, -0.05) is 6.08 Å². The molecule has 5 nitrogen and oxygen atoms in total. The molecule has 1 amide bonds. The maximum absolute atomic E-state index is 12.5. The molecule has 1 aromatic carbocycles. The predicted octanol–water partition coefficient (Wildman–Crippen LogP) is 5.08. The number of allylic oxidation sites excluding steroid dienone is 1. The highest BCUT2D eigenvalue weighted by molar-refractivity contribution is 6.00. The summed E-state index contributed by atoms with van der Waals surface area (Å²) in [6.07, 6.45) is 6.75. The van der Waals surface area contributed by atoms with Crippen LogP contribution in [-0.4, -0.2) is 30.6 Å². The van der Waals surface area contributed by atoms with E-state index in [0.29, 0.717) is 13.2 Å². The Morgan fingerprint density at radius 1 is 1.29 bits per heavy atom. The molecule has 1 aliphatic rings. The van der Waals surface area contributed by atoms with Crippen LogP contribution in [0.3, 0.4) is 0 Å². The van der Waals surface area contributed by atoms with E-state index in [1.165, 1.54) is 0 Å². The lowest BCUT2D eigenvalue weighted by Gasteiger charge is -2.23. The zero-order valence-corrected chi connectivity index (χ0v) is 17.4. The monoisotopic (exact) mass is 387 g/mol. The highest BCUT2D eigenvalue weighted by Crippen LogP contribution is 2.30. The zero-order chi connectivity index (χ0) is 20.6.